The molecule has 3 aromatic carbocycles. The lowest BCUT2D eigenvalue weighted by atomic mass is 10.0. The summed E-state index contributed by atoms with van der Waals surface area (Å²) in [5.74, 6) is 1.36. The molecule has 0 saturated carbocycles. The molecule has 1 aromatic heterocycles. The number of phenolic OH excluding ortho intramolecular Hbond substituents is 2. The van der Waals surface area contributed by atoms with Gasteiger partial charge in [0.05, 0.1) is 26.8 Å². The number of aryl methyl sites for hydroxylation is 2. The fraction of sp³-hybridized carbons (Fsp3) is 0.160. The molecule has 158 valence electrons. The topological polar surface area (TPSA) is 79.1 Å². The van der Waals surface area contributed by atoms with Gasteiger partial charge in [-0.05, 0) is 43.7 Å². The summed E-state index contributed by atoms with van der Waals surface area (Å²) in [5.41, 5.74) is 4.08. The quantitative estimate of drug-likeness (QED) is 0.439. The van der Waals surface area contributed by atoms with E-state index in [1.54, 1.807) is 36.4 Å². The zero-order chi connectivity index (χ0) is 23.7. The molecule has 0 aliphatic heterocycles. The molecule has 0 aliphatic rings. The van der Waals surface area contributed by atoms with Crippen molar-refractivity contribution in [1.29, 1.82) is 0 Å². The van der Waals surface area contributed by atoms with Crippen LogP contribution in [0.4, 0.5) is 0 Å². The normalized spacial score (nSPS) is 9.75. The first-order chi connectivity index (χ1) is 15.5. The molecule has 0 atom stereocenters. The van der Waals surface area contributed by atoms with Gasteiger partial charge in [0.15, 0.2) is 17.5 Å². The number of hydrogen-bond donors (Lipinski definition) is 2. The number of aromatic nitrogens is 3. The molecule has 0 saturated heterocycles. The number of rotatable bonds is 3. The third-order valence-corrected chi connectivity index (χ3v) is 4.55. The Bertz CT molecular complexity index is 1120. The molecule has 0 unspecified atom stereocenters. The first-order valence-electron chi connectivity index (χ1n) is 10.1. The standard InChI is InChI=1S/C23H19N3O2.2CH3B/c1-14-11-12-16(15(2)13-14)21-24-22(17-7-3-5-9-19(17)27)26-23(25-21)18-8-4-6-10-20(18)28;2*1-2/h3-13,27-28H,1-2H3;2*1H3. The SMILES string of the molecule is Cc1ccc(-c2nc(-c3ccccc3O)nc(-c3ccccc3O)n2)c(C)c1.[B]C.[B]C. The lowest BCUT2D eigenvalue weighted by molar-refractivity contribution is 0.477. The smallest absolute Gasteiger partial charge is 0.167 e. The van der Waals surface area contributed by atoms with Gasteiger partial charge in [0.2, 0.25) is 0 Å². The van der Waals surface area contributed by atoms with Crippen molar-refractivity contribution in [2.24, 2.45) is 0 Å². The molecule has 0 aliphatic carbocycles. The molecule has 32 heavy (non-hydrogen) atoms. The van der Waals surface area contributed by atoms with Crippen LogP contribution in [0.5, 0.6) is 11.5 Å². The third kappa shape index (κ3) is 5.55. The Balaban J connectivity index is 0.000000860. The summed E-state index contributed by atoms with van der Waals surface area (Å²) < 4.78 is 0. The summed E-state index contributed by atoms with van der Waals surface area (Å²) in [6.45, 7) is 7.04. The average molecular weight is 421 g/mol. The maximum absolute atomic E-state index is 10.3. The Labute approximate surface area is 192 Å². The van der Waals surface area contributed by atoms with E-state index < -0.39 is 0 Å². The minimum atomic E-state index is 0.0866. The molecule has 5 nitrogen and oxygen atoms in total. The fourth-order valence-corrected chi connectivity index (χ4v) is 3.13. The maximum atomic E-state index is 10.3. The largest absolute Gasteiger partial charge is 0.507 e. The molecule has 1 heterocycles. The van der Waals surface area contributed by atoms with Crippen LogP contribution in [-0.2, 0) is 0 Å². The van der Waals surface area contributed by atoms with Gasteiger partial charge in [0.25, 0.3) is 0 Å². The maximum Gasteiger partial charge on any atom is 0.167 e. The van der Waals surface area contributed by atoms with E-state index in [4.69, 9.17) is 0 Å². The van der Waals surface area contributed by atoms with Crippen molar-refractivity contribution < 1.29 is 10.2 Å². The summed E-state index contributed by atoms with van der Waals surface area (Å²) in [4.78, 5) is 13.8. The zero-order valence-corrected chi connectivity index (χ0v) is 18.7. The number of nitrogens with zero attached hydrogens (tertiary/aromatic N) is 3. The molecule has 4 radical (unpaired) electrons. The van der Waals surface area contributed by atoms with Crippen LogP contribution in [0, 0.1) is 13.8 Å². The number of benzene rings is 3. The van der Waals surface area contributed by atoms with Gasteiger partial charge in [0.1, 0.15) is 11.5 Å². The Morgan fingerprint density at radius 2 is 0.969 bits per heavy atom. The molecule has 0 spiro atoms. The summed E-state index contributed by atoms with van der Waals surface area (Å²) in [6.07, 6.45) is 0. The zero-order valence-electron chi connectivity index (χ0n) is 18.7. The highest BCUT2D eigenvalue weighted by Gasteiger charge is 2.16. The van der Waals surface area contributed by atoms with Gasteiger partial charge in [-0.3, -0.25) is 0 Å². The average Bonchev–Trinajstić information content (AvgIpc) is 2.82. The van der Waals surface area contributed by atoms with E-state index in [-0.39, 0.29) is 11.5 Å². The second kappa shape index (κ2) is 11.7. The highest BCUT2D eigenvalue weighted by atomic mass is 16.3. The van der Waals surface area contributed by atoms with Crippen LogP contribution < -0.4 is 0 Å². The summed E-state index contributed by atoms with van der Waals surface area (Å²) >= 11 is 0. The highest BCUT2D eigenvalue weighted by Crippen LogP contribution is 2.32. The van der Waals surface area contributed by atoms with Crippen LogP contribution in [0.1, 0.15) is 11.1 Å². The van der Waals surface area contributed by atoms with Gasteiger partial charge in [-0.25, -0.2) is 15.0 Å². The van der Waals surface area contributed by atoms with Crippen molar-refractivity contribution in [3.8, 4) is 45.7 Å². The van der Waals surface area contributed by atoms with E-state index in [1.165, 1.54) is 13.6 Å². The van der Waals surface area contributed by atoms with Gasteiger partial charge in [0, 0.05) is 5.56 Å². The minimum Gasteiger partial charge on any atom is -0.507 e. The summed E-state index contributed by atoms with van der Waals surface area (Å²) in [5, 5.41) is 20.6. The van der Waals surface area contributed by atoms with Crippen molar-refractivity contribution in [2.75, 3.05) is 0 Å². The molecular weight excluding hydrogens is 396 g/mol. The van der Waals surface area contributed by atoms with Gasteiger partial charge in [-0.1, -0.05) is 61.7 Å². The lowest BCUT2D eigenvalue weighted by Gasteiger charge is -2.11. The lowest BCUT2D eigenvalue weighted by Crippen LogP contribution is -2.01. The molecule has 0 bridgehead atoms. The highest BCUT2D eigenvalue weighted by molar-refractivity contribution is 6.05. The summed E-state index contributed by atoms with van der Waals surface area (Å²) in [6, 6.07) is 19.9. The van der Waals surface area contributed by atoms with Crippen LogP contribution in [0.25, 0.3) is 34.2 Å². The van der Waals surface area contributed by atoms with Crippen LogP contribution in [0.2, 0.25) is 13.6 Å². The van der Waals surface area contributed by atoms with E-state index in [9.17, 15) is 10.2 Å². The predicted octanol–water partition coefficient (Wildman–Crippen LogP) is 5.31. The van der Waals surface area contributed by atoms with Crippen molar-refractivity contribution in [3.63, 3.8) is 0 Å². The second-order valence-electron chi connectivity index (χ2n) is 6.66. The molecule has 2 N–H and O–H groups in total. The van der Waals surface area contributed by atoms with E-state index in [1.807, 2.05) is 38.1 Å². The first-order valence-corrected chi connectivity index (χ1v) is 10.1. The van der Waals surface area contributed by atoms with Gasteiger partial charge in [-0.15, -0.1) is 0 Å². The fourth-order valence-electron chi connectivity index (χ4n) is 3.13. The third-order valence-electron chi connectivity index (χ3n) is 4.55. The molecule has 0 fully saturated rings. The Kier molecular flexibility index (Phi) is 9.02. The van der Waals surface area contributed by atoms with Gasteiger partial charge < -0.3 is 10.2 Å². The first kappa shape index (κ1) is 24.7. The van der Waals surface area contributed by atoms with E-state index in [0.29, 0.717) is 28.6 Å². The number of hydrogen-bond acceptors (Lipinski definition) is 5. The van der Waals surface area contributed by atoms with Crippen molar-refractivity contribution in [2.45, 2.75) is 27.5 Å². The van der Waals surface area contributed by atoms with Crippen molar-refractivity contribution >= 4 is 15.7 Å². The molecular formula is C25H25B2N3O2. The second-order valence-corrected chi connectivity index (χ2v) is 6.66. The van der Waals surface area contributed by atoms with Crippen molar-refractivity contribution in [1.82, 2.24) is 15.0 Å². The summed E-state index contributed by atoms with van der Waals surface area (Å²) in [7, 11) is 9.00. The number of phenols is 2. The minimum absolute atomic E-state index is 0.0866. The van der Waals surface area contributed by atoms with Crippen LogP contribution in [-0.4, -0.2) is 40.9 Å². The van der Waals surface area contributed by atoms with Gasteiger partial charge >= 0.3 is 0 Å². The molecule has 4 rings (SSSR count). The molecule has 7 heteroatoms. The Morgan fingerprint density at radius 1 is 0.562 bits per heavy atom. The Hall–Kier alpha value is -3.60. The van der Waals surface area contributed by atoms with E-state index in [0.717, 1.165) is 16.7 Å². The van der Waals surface area contributed by atoms with Crippen LogP contribution >= 0.6 is 0 Å². The van der Waals surface area contributed by atoms with Gasteiger partial charge in [-0.2, -0.15) is 0 Å². The van der Waals surface area contributed by atoms with E-state index >= 15 is 0 Å². The molecule has 4 aromatic rings. The monoisotopic (exact) mass is 421 g/mol. The predicted molar refractivity (Wildman–Crippen MR) is 132 cm³/mol. The van der Waals surface area contributed by atoms with Crippen LogP contribution in [0.3, 0.4) is 0 Å². The number of aromatic hydroxyl groups is 2. The molecule has 0 amide bonds. The number of para-hydroxylation sites is 2. The van der Waals surface area contributed by atoms with Crippen molar-refractivity contribution in [3.05, 3.63) is 77.9 Å². The van der Waals surface area contributed by atoms with E-state index in [2.05, 4.69) is 36.7 Å². The van der Waals surface area contributed by atoms with Crippen LogP contribution in [0.15, 0.2) is 66.7 Å². The Morgan fingerprint density at radius 3 is 1.38 bits per heavy atom.